The highest BCUT2D eigenvalue weighted by atomic mass is 79.9. The van der Waals surface area contributed by atoms with Crippen LogP contribution in [0.15, 0.2) is 51.8 Å². The summed E-state index contributed by atoms with van der Waals surface area (Å²) in [7, 11) is -3.26. The van der Waals surface area contributed by atoms with Gasteiger partial charge in [-0.2, -0.15) is 0 Å². The molecule has 0 heterocycles. The molecule has 2 rings (SSSR count). The van der Waals surface area contributed by atoms with Crippen LogP contribution in [0.25, 0.3) is 0 Å². The number of sulfone groups is 1. The molecule has 0 spiro atoms. The number of hydrogen-bond acceptors (Lipinski definition) is 4. The van der Waals surface area contributed by atoms with E-state index in [1.165, 1.54) is 6.26 Å². The molecule has 0 fully saturated rings. The van der Waals surface area contributed by atoms with Crippen LogP contribution in [0, 0.1) is 0 Å². The van der Waals surface area contributed by atoms with Crippen LogP contribution in [0.4, 0.5) is 5.69 Å². The smallest absolute Gasteiger partial charge is 0.175 e. The monoisotopic (exact) mass is 367 g/mol. The summed E-state index contributed by atoms with van der Waals surface area (Å²) in [6.45, 7) is 0.501. The maximum absolute atomic E-state index is 11.6. The summed E-state index contributed by atoms with van der Waals surface area (Å²) in [4.78, 5) is 11.0. The number of halogens is 1. The maximum atomic E-state index is 11.6. The van der Waals surface area contributed by atoms with Crippen molar-refractivity contribution >= 4 is 37.7 Å². The summed E-state index contributed by atoms with van der Waals surface area (Å²) in [6.07, 6.45) is 1.97. The number of benzene rings is 2. The number of carbonyl (C=O) groups excluding carboxylic acids is 1. The molecule has 0 atom stereocenters. The lowest BCUT2D eigenvalue weighted by molar-refractivity contribution is 0.112. The summed E-state index contributed by atoms with van der Waals surface area (Å²) in [5.41, 5.74) is 2.25. The summed E-state index contributed by atoms with van der Waals surface area (Å²) < 4.78 is 23.9. The molecular weight excluding hydrogens is 354 g/mol. The van der Waals surface area contributed by atoms with Crippen LogP contribution in [0.5, 0.6) is 0 Å². The summed E-state index contributed by atoms with van der Waals surface area (Å²) in [5, 5.41) is 3.16. The molecule has 21 heavy (non-hydrogen) atoms. The van der Waals surface area contributed by atoms with Gasteiger partial charge in [0.1, 0.15) is 6.29 Å². The number of carbonyl (C=O) groups is 1. The van der Waals surface area contributed by atoms with E-state index in [9.17, 15) is 13.2 Å². The second-order valence-electron chi connectivity index (χ2n) is 4.66. The standard InChI is InChI=1S/C15H14BrNO3S/c1-21(19,20)15-7-13(16)6-14(8-15)17-9-11-3-2-4-12(5-11)10-18/h2-8,10,17H,9H2,1H3. The van der Waals surface area contributed by atoms with Crippen molar-refractivity contribution < 1.29 is 13.2 Å². The fraction of sp³-hybridized carbons (Fsp3) is 0.133. The highest BCUT2D eigenvalue weighted by Crippen LogP contribution is 2.23. The highest BCUT2D eigenvalue weighted by Gasteiger charge is 2.09. The second kappa shape index (κ2) is 6.41. The predicted molar refractivity (Wildman–Crippen MR) is 86.4 cm³/mol. The van der Waals surface area contributed by atoms with Crippen LogP contribution in [0.2, 0.25) is 0 Å². The molecule has 0 aliphatic carbocycles. The third kappa shape index (κ3) is 4.41. The van der Waals surface area contributed by atoms with E-state index in [0.717, 1.165) is 11.8 Å². The Hall–Kier alpha value is -1.66. The maximum Gasteiger partial charge on any atom is 0.175 e. The Labute approximate surface area is 132 Å². The van der Waals surface area contributed by atoms with Gasteiger partial charge in [0.25, 0.3) is 0 Å². The van der Waals surface area contributed by atoms with Gasteiger partial charge in [-0.1, -0.05) is 34.1 Å². The van der Waals surface area contributed by atoms with Crippen molar-refractivity contribution in [3.8, 4) is 0 Å². The Morgan fingerprint density at radius 3 is 2.62 bits per heavy atom. The lowest BCUT2D eigenvalue weighted by Crippen LogP contribution is -2.03. The summed E-state index contributed by atoms with van der Waals surface area (Å²) in [6, 6.07) is 12.2. The van der Waals surface area contributed by atoms with Crippen LogP contribution < -0.4 is 5.32 Å². The minimum atomic E-state index is -3.26. The number of aldehydes is 1. The van der Waals surface area contributed by atoms with E-state index < -0.39 is 9.84 Å². The zero-order valence-electron chi connectivity index (χ0n) is 11.3. The van der Waals surface area contributed by atoms with Gasteiger partial charge in [-0.15, -0.1) is 0 Å². The fourth-order valence-electron chi connectivity index (χ4n) is 1.86. The van der Waals surface area contributed by atoms with Gasteiger partial charge in [-0.25, -0.2) is 8.42 Å². The van der Waals surface area contributed by atoms with Crippen molar-refractivity contribution in [1.29, 1.82) is 0 Å². The van der Waals surface area contributed by atoms with Gasteiger partial charge >= 0.3 is 0 Å². The van der Waals surface area contributed by atoms with Crippen LogP contribution in [-0.2, 0) is 16.4 Å². The first-order chi connectivity index (χ1) is 9.88. The summed E-state index contributed by atoms with van der Waals surface area (Å²) >= 11 is 3.30. The normalized spacial score (nSPS) is 11.1. The van der Waals surface area contributed by atoms with Gasteiger partial charge in [-0.3, -0.25) is 4.79 Å². The van der Waals surface area contributed by atoms with Gasteiger partial charge in [-0.05, 0) is 29.8 Å². The zero-order chi connectivity index (χ0) is 15.5. The molecule has 0 radical (unpaired) electrons. The lowest BCUT2D eigenvalue weighted by Gasteiger charge is -2.09. The minimum Gasteiger partial charge on any atom is -0.381 e. The molecule has 0 saturated heterocycles. The van der Waals surface area contributed by atoms with Crippen LogP contribution >= 0.6 is 15.9 Å². The second-order valence-corrected chi connectivity index (χ2v) is 7.60. The van der Waals surface area contributed by atoms with Crippen molar-refractivity contribution in [3.63, 3.8) is 0 Å². The predicted octanol–water partition coefficient (Wildman–Crippen LogP) is 3.28. The van der Waals surface area contributed by atoms with Crippen molar-refractivity contribution in [1.82, 2.24) is 0 Å². The number of anilines is 1. The molecule has 0 unspecified atom stereocenters. The van der Waals surface area contributed by atoms with Gasteiger partial charge in [0.05, 0.1) is 4.90 Å². The molecule has 4 nitrogen and oxygen atoms in total. The Morgan fingerprint density at radius 1 is 1.19 bits per heavy atom. The topological polar surface area (TPSA) is 63.2 Å². The highest BCUT2D eigenvalue weighted by molar-refractivity contribution is 9.10. The van der Waals surface area contributed by atoms with E-state index in [1.54, 1.807) is 30.3 Å². The van der Waals surface area contributed by atoms with Crippen LogP contribution in [-0.4, -0.2) is 21.0 Å². The summed E-state index contributed by atoms with van der Waals surface area (Å²) in [5.74, 6) is 0. The Kier molecular flexibility index (Phi) is 4.80. The van der Waals surface area contributed by atoms with Crippen molar-refractivity contribution in [2.45, 2.75) is 11.4 Å². The molecule has 1 N–H and O–H groups in total. The number of nitrogens with one attached hydrogen (secondary N) is 1. The average Bonchev–Trinajstić information content (AvgIpc) is 2.44. The first-order valence-electron chi connectivity index (χ1n) is 6.17. The van der Waals surface area contributed by atoms with Crippen LogP contribution in [0.3, 0.4) is 0 Å². The van der Waals surface area contributed by atoms with E-state index in [-0.39, 0.29) is 4.90 Å². The largest absolute Gasteiger partial charge is 0.381 e. The number of rotatable bonds is 5. The van der Waals surface area contributed by atoms with E-state index >= 15 is 0 Å². The van der Waals surface area contributed by atoms with E-state index in [2.05, 4.69) is 21.2 Å². The zero-order valence-corrected chi connectivity index (χ0v) is 13.7. The fourth-order valence-corrected chi connectivity index (χ4v) is 3.19. The molecule has 0 aliphatic rings. The molecule has 6 heteroatoms. The van der Waals surface area contributed by atoms with Gasteiger partial charge < -0.3 is 5.32 Å². The van der Waals surface area contributed by atoms with Crippen molar-refractivity contribution in [3.05, 3.63) is 58.1 Å². The van der Waals surface area contributed by atoms with Crippen molar-refractivity contribution in [2.75, 3.05) is 11.6 Å². The SMILES string of the molecule is CS(=O)(=O)c1cc(Br)cc(NCc2cccc(C=O)c2)c1. The Bertz CT molecular complexity index is 772. The van der Waals surface area contributed by atoms with Gasteiger partial charge in [0.15, 0.2) is 9.84 Å². The third-order valence-electron chi connectivity index (χ3n) is 2.88. The average molecular weight is 368 g/mol. The van der Waals surface area contributed by atoms with Gasteiger partial charge in [0.2, 0.25) is 0 Å². The van der Waals surface area contributed by atoms with E-state index in [1.807, 2.05) is 12.1 Å². The quantitative estimate of drug-likeness (QED) is 0.823. The number of hydrogen-bond donors (Lipinski definition) is 1. The third-order valence-corrected chi connectivity index (χ3v) is 4.43. The molecule has 0 aromatic heterocycles. The molecule has 110 valence electrons. The Balaban J connectivity index is 2.20. The molecule has 0 aliphatic heterocycles. The first-order valence-corrected chi connectivity index (χ1v) is 8.85. The lowest BCUT2D eigenvalue weighted by atomic mass is 10.1. The van der Waals surface area contributed by atoms with Crippen LogP contribution in [0.1, 0.15) is 15.9 Å². The molecule has 0 bridgehead atoms. The molecule has 2 aromatic rings. The first kappa shape index (κ1) is 15.7. The minimum absolute atomic E-state index is 0.251. The molecule has 0 saturated carbocycles. The van der Waals surface area contributed by atoms with E-state index in [4.69, 9.17) is 0 Å². The molecular formula is C15H14BrNO3S. The Morgan fingerprint density at radius 2 is 1.95 bits per heavy atom. The molecule has 0 amide bonds. The van der Waals surface area contributed by atoms with Gasteiger partial charge in [0, 0.05) is 28.5 Å². The van der Waals surface area contributed by atoms with Crippen molar-refractivity contribution in [2.24, 2.45) is 0 Å². The van der Waals surface area contributed by atoms with E-state index in [0.29, 0.717) is 22.3 Å². The molecule has 2 aromatic carbocycles.